The minimum absolute atomic E-state index is 0.0284. The molecule has 1 aromatic heterocycles. The largest absolute Gasteiger partial charge is 0.466 e. The Morgan fingerprint density at radius 1 is 1.06 bits per heavy atom. The number of piperidine rings is 1. The van der Waals surface area contributed by atoms with Crippen molar-refractivity contribution < 1.29 is 14.3 Å². The Bertz CT molecular complexity index is 1170. The van der Waals surface area contributed by atoms with Gasteiger partial charge in [-0.05, 0) is 44.0 Å². The van der Waals surface area contributed by atoms with E-state index < -0.39 is 0 Å². The molecule has 2 aromatic carbocycles. The number of carbonyl (C=O) groups is 2. The average molecular weight is 452 g/mol. The van der Waals surface area contributed by atoms with E-state index in [0.29, 0.717) is 54.3 Å². The Labute approximate surface area is 190 Å². The van der Waals surface area contributed by atoms with Crippen LogP contribution in [-0.4, -0.2) is 51.8 Å². The van der Waals surface area contributed by atoms with E-state index >= 15 is 0 Å². The van der Waals surface area contributed by atoms with Crippen LogP contribution in [0.25, 0.3) is 16.6 Å². The number of para-hydroxylation sites is 2. The smallest absolute Gasteiger partial charge is 0.309 e. The van der Waals surface area contributed by atoms with Crippen molar-refractivity contribution in [3.8, 4) is 5.69 Å². The normalized spacial score (nSPS) is 14.5. The van der Waals surface area contributed by atoms with E-state index in [0.717, 1.165) is 0 Å². The van der Waals surface area contributed by atoms with Gasteiger partial charge in [0.2, 0.25) is 5.91 Å². The molecule has 0 radical (unpaired) electrons. The summed E-state index contributed by atoms with van der Waals surface area (Å²) in [5, 5.41) is 1.02. The van der Waals surface area contributed by atoms with Crippen molar-refractivity contribution in [3.63, 3.8) is 0 Å². The van der Waals surface area contributed by atoms with Gasteiger partial charge in [-0.1, -0.05) is 42.1 Å². The third kappa shape index (κ3) is 4.70. The van der Waals surface area contributed by atoms with E-state index in [1.807, 2.05) is 42.5 Å². The second-order valence-electron chi connectivity index (χ2n) is 7.58. The fourth-order valence-corrected chi connectivity index (χ4v) is 4.77. The number of likely N-dealkylation sites (tertiary alicyclic amines) is 1. The lowest BCUT2D eigenvalue weighted by Gasteiger charge is -2.30. The Kier molecular flexibility index (Phi) is 6.90. The van der Waals surface area contributed by atoms with Crippen LogP contribution in [0.5, 0.6) is 0 Å². The van der Waals surface area contributed by atoms with Gasteiger partial charge in [0, 0.05) is 13.1 Å². The van der Waals surface area contributed by atoms with Gasteiger partial charge in [0.1, 0.15) is 0 Å². The lowest BCUT2D eigenvalue weighted by molar-refractivity contribution is -0.151. The highest BCUT2D eigenvalue weighted by molar-refractivity contribution is 7.99. The van der Waals surface area contributed by atoms with Crippen molar-refractivity contribution >= 4 is 34.5 Å². The molecule has 166 valence electrons. The molecule has 0 atom stereocenters. The molecule has 8 heteroatoms. The predicted octanol–water partition coefficient (Wildman–Crippen LogP) is 3.28. The quantitative estimate of drug-likeness (QED) is 0.325. The molecule has 1 amide bonds. The maximum absolute atomic E-state index is 13.2. The van der Waals surface area contributed by atoms with Crippen LogP contribution in [0.3, 0.4) is 0 Å². The average Bonchev–Trinajstić information content (AvgIpc) is 2.83. The van der Waals surface area contributed by atoms with Crippen LogP contribution in [0.2, 0.25) is 0 Å². The number of esters is 1. The van der Waals surface area contributed by atoms with Crippen molar-refractivity contribution in [1.82, 2.24) is 14.5 Å². The molecule has 32 heavy (non-hydrogen) atoms. The fraction of sp³-hybridized carbons (Fsp3) is 0.333. The standard InChI is InChI=1S/C24H25N3O4S/c1-2-31-23(30)17-12-14-26(15-13-17)21(28)16-32-24-25-20-11-7-6-10-19(20)22(29)27(24)18-8-4-3-5-9-18/h3-11,17H,2,12-16H2,1H3. The molecule has 0 spiro atoms. The zero-order valence-electron chi connectivity index (χ0n) is 17.9. The van der Waals surface area contributed by atoms with E-state index in [9.17, 15) is 14.4 Å². The highest BCUT2D eigenvalue weighted by Gasteiger charge is 2.28. The summed E-state index contributed by atoms with van der Waals surface area (Å²) < 4.78 is 6.66. The van der Waals surface area contributed by atoms with Gasteiger partial charge in [0.15, 0.2) is 5.16 Å². The fourth-order valence-electron chi connectivity index (χ4n) is 3.86. The van der Waals surface area contributed by atoms with Gasteiger partial charge in [0.05, 0.1) is 34.9 Å². The minimum atomic E-state index is -0.179. The Hall–Kier alpha value is -3.13. The highest BCUT2D eigenvalue weighted by atomic mass is 32.2. The zero-order chi connectivity index (χ0) is 22.5. The maximum atomic E-state index is 13.2. The third-order valence-corrected chi connectivity index (χ3v) is 6.48. The molecule has 2 heterocycles. The summed E-state index contributed by atoms with van der Waals surface area (Å²) in [4.78, 5) is 44.4. The second-order valence-corrected chi connectivity index (χ2v) is 8.53. The van der Waals surface area contributed by atoms with Gasteiger partial charge in [-0.15, -0.1) is 0 Å². The summed E-state index contributed by atoms with van der Waals surface area (Å²) in [5.74, 6) is -0.181. The number of amides is 1. The predicted molar refractivity (Wildman–Crippen MR) is 124 cm³/mol. The van der Waals surface area contributed by atoms with Crippen LogP contribution >= 0.6 is 11.8 Å². The summed E-state index contributed by atoms with van der Waals surface area (Å²) in [6.45, 7) is 3.22. The zero-order valence-corrected chi connectivity index (χ0v) is 18.7. The Morgan fingerprint density at radius 3 is 2.47 bits per heavy atom. The lowest BCUT2D eigenvalue weighted by Crippen LogP contribution is -2.41. The molecule has 0 N–H and O–H groups in total. The van der Waals surface area contributed by atoms with Gasteiger partial charge < -0.3 is 9.64 Å². The van der Waals surface area contributed by atoms with Crippen LogP contribution in [0, 0.1) is 5.92 Å². The number of hydrogen-bond donors (Lipinski definition) is 0. The number of nitrogens with zero attached hydrogens (tertiary/aromatic N) is 3. The van der Waals surface area contributed by atoms with Crippen molar-refractivity contribution in [2.24, 2.45) is 5.92 Å². The van der Waals surface area contributed by atoms with E-state index in [4.69, 9.17) is 4.74 Å². The van der Waals surface area contributed by atoms with Crippen LogP contribution in [0.4, 0.5) is 0 Å². The van der Waals surface area contributed by atoms with E-state index in [1.165, 1.54) is 11.8 Å². The molecule has 4 rings (SSSR count). The molecule has 0 bridgehead atoms. The number of carbonyl (C=O) groups excluding carboxylic acids is 2. The van der Waals surface area contributed by atoms with Crippen LogP contribution in [0.1, 0.15) is 19.8 Å². The number of fused-ring (bicyclic) bond motifs is 1. The van der Waals surface area contributed by atoms with Crippen LogP contribution in [-0.2, 0) is 14.3 Å². The van der Waals surface area contributed by atoms with Crippen LogP contribution < -0.4 is 5.56 Å². The summed E-state index contributed by atoms with van der Waals surface area (Å²) in [6, 6.07) is 16.5. The SMILES string of the molecule is CCOC(=O)C1CCN(C(=O)CSc2nc3ccccc3c(=O)n2-c2ccccc2)CC1. The number of aromatic nitrogens is 2. The van der Waals surface area contributed by atoms with Gasteiger partial charge in [-0.3, -0.25) is 19.0 Å². The molecule has 0 aliphatic carbocycles. The Morgan fingerprint density at radius 2 is 1.75 bits per heavy atom. The first-order valence-corrected chi connectivity index (χ1v) is 11.7. The molecular formula is C24H25N3O4S. The maximum Gasteiger partial charge on any atom is 0.309 e. The number of benzene rings is 2. The lowest BCUT2D eigenvalue weighted by atomic mass is 9.97. The first kappa shape index (κ1) is 22.1. The van der Waals surface area contributed by atoms with Crippen molar-refractivity contribution in [3.05, 3.63) is 65.0 Å². The van der Waals surface area contributed by atoms with Gasteiger partial charge >= 0.3 is 5.97 Å². The molecule has 1 fully saturated rings. The summed E-state index contributed by atoms with van der Waals surface area (Å²) in [7, 11) is 0. The van der Waals surface area contributed by atoms with Crippen molar-refractivity contribution in [2.75, 3.05) is 25.4 Å². The topological polar surface area (TPSA) is 81.5 Å². The molecule has 0 saturated carbocycles. The van der Waals surface area contributed by atoms with Gasteiger partial charge in [-0.25, -0.2) is 4.98 Å². The van der Waals surface area contributed by atoms with E-state index in [1.54, 1.807) is 28.5 Å². The summed E-state index contributed by atoms with van der Waals surface area (Å²) in [5.41, 5.74) is 1.16. The molecule has 1 aliphatic heterocycles. The highest BCUT2D eigenvalue weighted by Crippen LogP contribution is 2.24. The second kappa shape index (κ2) is 9.99. The Balaban J connectivity index is 1.52. The van der Waals surface area contributed by atoms with E-state index in [-0.39, 0.29) is 29.1 Å². The molecule has 7 nitrogen and oxygen atoms in total. The summed E-state index contributed by atoms with van der Waals surface area (Å²) >= 11 is 1.26. The van der Waals surface area contributed by atoms with Crippen LogP contribution in [0.15, 0.2) is 64.5 Å². The molecule has 1 aliphatic rings. The first-order chi connectivity index (χ1) is 15.6. The molecule has 3 aromatic rings. The molecule has 1 saturated heterocycles. The molecule has 0 unspecified atom stereocenters. The third-order valence-electron chi connectivity index (χ3n) is 5.55. The van der Waals surface area contributed by atoms with Gasteiger partial charge in [0.25, 0.3) is 5.56 Å². The van der Waals surface area contributed by atoms with E-state index in [2.05, 4.69) is 4.98 Å². The monoisotopic (exact) mass is 451 g/mol. The summed E-state index contributed by atoms with van der Waals surface area (Å²) in [6.07, 6.45) is 1.22. The number of rotatable bonds is 6. The molecular weight excluding hydrogens is 426 g/mol. The minimum Gasteiger partial charge on any atom is -0.466 e. The number of ether oxygens (including phenoxy) is 1. The van der Waals surface area contributed by atoms with Crippen molar-refractivity contribution in [2.45, 2.75) is 24.9 Å². The van der Waals surface area contributed by atoms with Crippen molar-refractivity contribution in [1.29, 1.82) is 0 Å². The van der Waals surface area contributed by atoms with Gasteiger partial charge in [-0.2, -0.15) is 0 Å². The number of hydrogen-bond acceptors (Lipinski definition) is 6. The first-order valence-electron chi connectivity index (χ1n) is 10.7. The number of thioether (sulfide) groups is 1.